The number of nitrogens with zero attached hydrogens (tertiary/aromatic N) is 11. The van der Waals surface area contributed by atoms with Crippen molar-refractivity contribution in [1.82, 2.24) is 44.8 Å². The van der Waals surface area contributed by atoms with Gasteiger partial charge in [0.15, 0.2) is 0 Å². The van der Waals surface area contributed by atoms with Crippen LogP contribution in [-0.4, -0.2) is 134 Å². The van der Waals surface area contributed by atoms with E-state index in [4.69, 9.17) is 45.6 Å². The van der Waals surface area contributed by atoms with Crippen LogP contribution in [0.4, 0.5) is 23.8 Å². The molecular formula is C44H60BrN13O4S2. The van der Waals surface area contributed by atoms with Gasteiger partial charge in [-0.05, 0) is 86.8 Å². The number of aliphatic hydroxyl groups is 1. The molecule has 10 rings (SSSR count). The summed E-state index contributed by atoms with van der Waals surface area (Å²) in [6.07, 6.45) is 11.9. The van der Waals surface area contributed by atoms with Gasteiger partial charge in [-0.2, -0.15) is 0 Å². The molecule has 1 unspecified atom stereocenters. The lowest BCUT2D eigenvalue weighted by Crippen LogP contribution is -2.41. The van der Waals surface area contributed by atoms with Crippen LogP contribution in [0.5, 0.6) is 0 Å². The van der Waals surface area contributed by atoms with Crippen LogP contribution >= 0.6 is 38.6 Å². The van der Waals surface area contributed by atoms with Crippen molar-refractivity contribution in [3.05, 3.63) is 45.6 Å². The van der Waals surface area contributed by atoms with Gasteiger partial charge in [-0.3, -0.25) is 4.90 Å². The number of nitrogen functional groups attached to an aromatic ring is 2. The predicted molar refractivity (Wildman–Crippen MR) is 260 cm³/mol. The first-order chi connectivity index (χ1) is 31.0. The zero-order valence-corrected chi connectivity index (χ0v) is 40.6. The summed E-state index contributed by atoms with van der Waals surface area (Å²) in [5, 5.41) is 14.6. The molecule has 6 aromatic rings. The molecule has 4 aliphatic heterocycles. The number of thiophene rings is 2. The summed E-state index contributed by atoms with van der Waals surface area (Å²) in [5.41, 5.74) is 17.1. The molecule has 0 saturated carbocycles. The molecule has 4 saturated heterocycles. The van der Waals surface area contributed by atoms with Gasteiger partial charge < -0.3 is 40.6 Å². The smallest absolute Gasteiger partial charge is 0.226 e. The van der Waals surface area contributed by atoms with Gasteiger partial charge in [-0.1, -0.05) is 13.8 Å². The highest BCUT2D eigenvalue weighted by Crippen LogP contribution is 2.38. The Bertz CT molecular complexity index is 2390. The molecule has 10 heterocycles. The molecule has 4 fully saturated rings. The second-order valence-corrected chi connectivity index (χ2v) is 18.9. The second kappa shape index (κ2) is 22.3. The average Bonchev–Trinajstić information content (AvgIpc) is 4.08. The van der Waals surface area contributed by atoms with E-state index in [0.717, 1.165) is 119 Å². The minimum Gasteiger partial charge on any atom is -0.390 e. The molecule has 0 spiro atoms. The number of aromatic nitrogens is 8. The van der Waals surface area contributed by atoms with E-state index in [0.29, 0.717) is 44.4 Å². The Labute approximate surface area is 391 Å². The fourth-order valence-corrected chi connectivity index (χ4v) is 10.4. The molecular weight excluding hydrogens is 919 g/mol. The van der Waals surface area contributed by atoms with Gasteiger partial charge in [-0.15, -0.1) is 22.7 Å². The quantitative estimate of drug-likeness (QED) is 0.146. The summed E-state index contributed by atoms with van der Waals surface area (Å²) in [5.74, 6) is 2.27. The molecule has 344 valence electrons. The summed E-state index contributed by atoms with van der Waals surface area (Å²) in [4.78, 5) is 42.7. The molecule has 1 atom stereocenters. The highest BCUT2D eigenvalue weighted by Gasteiger charge is 2.31. The Kier molecular flexibility index (Phi) is 16.6. The highest BCUT2D eigenvalue weighted by atomic mass is 79.9. The summed E-state index contributed by atoms with van der Waals surface area (Å²) in [6.45, 7) is 19.6. The summed E-state index contributed by atoms with van der Waals surface area (Å²) in [6, 6.07) is 0. The van der Waals surface area contributed by atoms with Crippen LogP contribution in [0.1, 0.15) is 65.9 Å². The van der Waals surface area contributed by atoms with Gasteiger partial charge in [-0.25, -0.2) is 39.9 Å². The molecule has 0 radical (unpaired) electrons. The van der Waals surface area contributed by atoms with Gasteiger partial charge in [0.25, 0.3) is 0 Å². The van der Waals surface area contributed by atoms with Crippen molar-refractivity contribution in [1.29, 1.82) is 0 Å². The lowest BCUT2D eigenvalue weighted by molar-refractivity contribution is -0.0135. The van der Waals surface area contributed by atoms with E-state index in [1.54, 1.807) is 47.5 Å². The van der Waals surface area contributed by atoms with E-state index in [9.17, 15) is 5.11 Å². The number of piperidine rings is 1. The summed E-state index contributed by atoms with van der Waals surface area (Å²) < 4.78 is 19.1. The molecule has 0 aliphatic carbocycles. The van der Waals surface area contributed by atoms with E-state index in [1.165, 1.54) is 18.4 Å². The van der Waals surface area contributed by atoms with Gasteiger partial charge in [0.1, 0.15) is 5.52 Å². The molecule has 4 aliphatic rings. The van der Waals surface area contributed by atoms with Crippen LogP contribution in [0.2, 0.25) is 0 Å². The fourth-order valence-electron chi connectivity index (χ4n) is 7.84. The third kappa shape index (κ3) is 11.9. The zero-order valence-electron chi connectivity index (χ0n) is 37.4. The summed E-state index contributed by atoms with van der Waals surface area (Å²) in [7, 11) is 0. The number of hydrogen-bond donors (Lipinski definition) is 3. The SMILES string of the molecule is CC.CC(C)(O)C1CCN(Cc2csc3c(-c4cnc(N)nc4)nc(N4CCOCC4)nc23)CC1.CC1CCCO1.Nc1ncc(-c2nc(N3CCOCC3)nc3c(Br)csc23)cn1. The van der Waals surface area contributed by atoms with Crippen LogP contribution in [0.15, 0.2) is 40.0 Å². The first-order valence-corrected chi connectivity index (χ1v) is 24.7. The van der Waals surface area contributed by atoms with Gasteiger partial charge in [0, 0.05) is 86.2 Å². The number of nitrogens with two attached hydrogens (primary N) is 2. The van der Waals surface area contributed by atoms with Gasteiger partial charge in [0.05, 0.1) is 68.9 Å². The summed E-state index contributed by atoms with van der Waals surface area (Å²) >= 11 is 6.83. The third-order valence-corrected chi connectivity index (χ3v) is 14.4. The lowest BCUT2D eigenvalue weighted by Gasteiger charge is -2.37. The molecule has 0 aromatic carbocycles. The topological polar surface area (TPSA) is 213 Å². The number of morpholine rings is 2. The van der Waals surface area contributed by atoms with Crippen LogP contribution in [-0.2, 0) is 20.8 Å². The molecule has 5 N–H and O–H groups in total. The predicted octanol–water partition coefficient (Wildman–Crippen LogP) is 7.09. The number of anilines is 4. The van der Waals surface area contributed by atoms with E-state index >= 15 is 0 Å². The van der Waals surface area contributed by atoms with Crippen molar-refractivity contribution in [3.63, 3.8) is 0 Å². The number of likely N-dealkylation sites (tertiary alicyclic amines) is 1. The Morgan fingerprint density at radius 1 is 0.703 bits per heavy atom. The molecule has 64 heavy (non-hydrogen) atoms. The minimum atomic E-state index is -0.614. The first kappa shape index (κ1) is 47.7. The average molecular weight is 979 g/mol. The van der Waals surface area contributed by atoms with E-state index in [1.807, 2.05) is 33.1 Å². The van der Waals surface area contributed by atoms with Gasteiger partial charge >= 0.3 is 0 Å². The zero-order chi connectivity index (χ0) is 45.2. The third-order valence-electron chi connectivity index (χ3n) is 11.5. The van der Waals surface area contributed by atoms with Crippen molar-refractivity contribution in [3.8, 4) is 22.5 Å². The normalized spacial score (nSPS) is 18.5. The van der Waals surface area contributed by atoms with Crippen molar-refractivity contribution in [2.24, 2.45) is 5.92 Å². The number of rotatable bonds is 7. The Hall–Kier alpha value is -4.28. The van der Waals surface area contributed by atoms with Crippen molar-refractivity contribution < 1.29 is 19.3 Å². The second-order valence-electron chi connectivity index (χ2n) is 16.3. The number of fused-ring (bicyclic) bond motifs is 2. The highest BCUT2D eigenvalue weighted by molar-refractivity contribution is 9.10. The van der Waals surface area contributed by atoms with Gasteiger partial charge in [0.2, 0.25) is 23.8 Å². The van der Waals surface area contributed by atoms with Crippen LogP contribution in [0, 0.1) is 5.92 Å². The van der Waals surface area contributed by atoms with Crippen LogP contribution < -0.4 is 21.3 Å². The largest absolute Gasteiger partial charge is 0.390 e. The lowest BCUT2D eigenvalue weighted by atomic mass is 9.83. The van der Waals surface area contributed by atoms with Crippen LogP contribution in [0.25, 0.3) is 42.9 Å². The number of ether oxygens (including phenoxy) is 3. The Morgan fingerprint density at radius 2 is 1.19 bits per heavy atom. The Balaban J connectivity index is 0.000000170. The van der Waals surface area contributed by atoms with E-state index in [-0.39, 0.29) is 11.9 Å². The van der Waals surface area contributed by atoms with E-state index < -0.39 is 5.60 Å². The first-order valence-electron chi connectivity index (χ1n) is 22.1. The number of hydrogen-bond acceptors (Lipinski definition) is 19. The molecule has 0 amide bonds. The minimum absolute atomic E-state index is 0.249. The fraction of sp³-hybridized carbons (Fsp3) is 0.545. The Morgan fingerprint density at radius 3 is 1.64 bits per heavy atom. The maximum atomic E-state index is 10.4. The van der Waals surface area contributed by atoms with Crippen molar-refractivity contribution in [2.45, 2.75) is 78.6 Å². The maximum absolute atomic E-state index is 10.4. The molecule has 0 bridgehead atoms. The number of halogens is 1. The van der Waals surface area contributed by atoms with Crippen molar-refractivity contribution in [2.75, 3.05) is 93.6 Å². The molecule has 6 aromatic heterocycles. The monoisotopic (exact) mass is 977 g/mol. The van der Waals surface area contributed by atoms with Crippen molar-refractivity contribution >= 4 is 82.8 Å². The van der Waals surface area contributed by atoms with E-state index in [2.05, 4.69) is 62.9 Å². The maximum Gasteiger partial charge on any atom is 0.226 e. The molecule has 20 heteroatoms. The standard InChI is InChI=1S/C23H31N7O2S.C14H13BrN6OS.C5H10O.C2H6/c1-23(2,31)17-3-5-29(6-4-17)13-16-14-33-20-18(15-11-25-21(24)26-12-15)27-22(28-19(16)20)30-7-9-32-10-8-30;15-9-7-23-12-10(8-5-17-13(16)18-6-8)19-14(20-11(9)12)21-1-3-22-4-2-21;1-5-3-2-4-6-5;1-2/h11-12,14,17,31H,3-10,13H2,1-2H3,(H2,24,25,26);5-7H,1-4H2,(H2,16,17,18);5H,2-4H2,1H3;1-2H3. The van der Waals surface area contributed by atoms with Crippen LogP contribution in [0.3, 0.4) is 0 Å². The molecule has 17 nitrogen and oxygen atoms in total.